The van der Waals surface area contributed by atoms with E-state index >= 15 is 0 Å². The minimum absolute atomic E-state index is 0.00473. The van der Waals surface area contributed by atoms with Crippen LogP contribution in [-0.2, 0) is 22.4 Å². The number of carbonyl (C=O) groups is 2. The van der Waals surface area contributed by atoms with Crippen molar-refractivity contribution in [1.82, 2.24) is 10.2 Å². The fourth-order valence-corrected chi connectivity index (χ4v) is 3.81. The molecule has 0 radical (unpaired) electrons. The van der Waals surface area contributed by atoms with Crippen LogP contribution in [0.25, 0.3) is 0 Å². The molecule has 0 unspecified atom stereocenters. The third kappa shape index (κ3) is 4.68. The highest BCUT2D eigenvalue weighted by Crippen LogP contribution is 2.14. The molecule has 0 spiro atoms. The van der Waals surface area contributed by atoms with Crippen molar-refractivity contribution in [3.05, 3.63) is 58.3 Å². The first-order chi connectivity index (χ1) is 11.7. The molecule has 3 rings (SSSR count). The average molecular weight is 342 g/mol. The molecule has 1 aliphatic rings. The van der Waals surface area contributed by atoms with Crippen LogP contribution < -0.4 is 5.32 Å². The Labute approximate surface area is 146 Å². The van der Waals surface area contributed by atoms with Crippen molar-refractivity contribution in [3.8, 4) is 0 Å². The van der Waals surface area contributed by atoms with E-state index < -0.39 is 0 Å². The summed E-state index contributed by atoms with van der Waals surface area (Å²) in [6, 6.07) is 14.2. The van der Waals surface area contributed by atoms with Crippen LogP contribution in [0.2, 0.25) is 0 Å². The molecule has 1 fully saturated rings. The summed E-state index contributed by atoms with van der Waals surface area (Å²) < 4.78 is 0. The normalized spacial score (nSPS) is 17.6. The zero-order valence-electron chi connectivity index (χ0n) is 13.6. The van der Waals surface area contributed by atoms with Crippen molar-refractivity contribution in [2.45, 2.75) is 31.7 Å². The van der Waals surface area contributed by atoms with Crippen molar-refractivity contribution >= 4 is 23.2 Å². The number of amides is 2. The van der Waals surface area contributed by atoms with Gasteiger partial charge in [-0.2, -0.15) is 0 Å². The smallest absolute Gasteiger partial charge is 0.239 e. The molecule has 1 atom stereocenters. The standard InChI is InChI=1S/C19H22N2O2S/c22-18-14-21(19(23)10-4-8-17-9-5-11-24-17)13-16(20-18)12-15-6-2-1-3-7-15/h1-3,5-7,9,11,16H,4,8,10,12-14H2,(H,20,22)/t16-/m0/s1. The molecule has 126 valence electrons. The van der Waals surface area contributed by atoms with E-state index in [9.17, 15) is 9.59 Å². The Balaban J connectivity index is 1.50. The van der Waals surface area contributed by atoms with Crippen molar-refractivity contribution in [3.63, 3.8) is 0 Å². The van der Waals surface area contributed by atoms with Crippen LogP contribution in [0.5, 0.6) is 0 Å². The van der Waals surface area contributed by atoms with Crippen LogP contribution >= 0.6 is 11.3 Å². The van der Waals surface area contributed by atoms with Gasteiger partial charge in [0.1, 0.15) is 0 Å². The highest BCUT2D eigenvalue weighted by molar-refractivity contribution is 7.09. The van der Waals surface area contributed by atoms with E-state index in [0.29, 0.717) is 13.0 Å². The number of hydrogen-bond acceptors (Lipinski definition) is 3. The molecule has 4 nitrogen and oxygen atoms in total. The van der Waals surface area contributed by atoms with Crippen LogP contribution in [-0.4, -0.2) is 35.8 Å². The van der Waals surface area contributed by atoms with Gasteiger partial charge >= 0.3 is 0 Å². The van der Waals surface area contributed by atoms with E-state index in [-0.39, 0.29) is 24.4 Å². The van der Waals surface area contributed by atoms with E-state index in [4.69, 9.17) is 0 Å². The average Bonchev–Trinajstić information content (AvgIpc) is 3.08. The fourth-order valence-electron chi connectivity index (χ4n) is 3.05. The molecule has 0 saturated carbocycles. The number of carbonyl (C=O) groups excluding carboxylic acids is 2. The Hall–Kier alpha value is -2.14. The molecule has 1 aliphatic heterocycles. The van der Waals surface area contributed by atoms with Gasteiger partial charge in [-0.3, -0.25) is 9.59 Å². The van der Waals surface area contributed by atoms with E-state index in [2.05, 4.69) is 16.8 Å². The first kappa shape index (κ1) is 16.7. The maximum Gasteiger partial charge on any atom is 0.239 e. The maximum absolute atomic E-state index is 12.4. The summed E-state index contributed by atoms with van der Waals surface area (Å²) in [7, 11) is 0. The molecule has 2 aromatic rings. The Morgan fingerprint density at radius 2 is 2.04 bits per heavy atom. The Morgan fingerprint density at radius 3 is 2.79 bits per heavy atom. The van der Waals surface area contributed by atoms with Crippen molar-refractivity contribution in [2.75, 3.05) is 13.1 Å². The first-order valence-electron chi connectivity index (χ1n) is 8.34. The number of thiophene rings is 1. The summed E-state index contributed by atoms with van der Waals surface area (Å²) in [6.45, 7) is 0.779. The van der Waals surface area contributed by atoms with Crippen LogP contribution in [0.3, 0.4) is 0 Å². The predicted molar refractivity (Wildman–Crippen MR) is 95.9 cm³/mol. The zero-order chi connectivity index (χ0) is 16.8. The van der Waals surface area contributed by atoms with Gasteiger partial charge in [0, 0.05) is 17.8 Å². The largest absolute Gasteiger partial charge is 0.350 e. The molecule has 1 N–H and O–H groups in total. The minimum Gasteiger partial charge on any atom is -0.350 e. The molecular formula is C19H22N2O2S. The molecule has 2 heterocycles. The molecule has 2 amide bonds. The molecular weight excluding hydrogens is 320 g/mol. The highest BCUT2D eigenvalue weighted by Gasteiger charge is 2.27. The lowest BCUT2D eigenvalue weighted by Gasteiger charge is -2.33. The van der Waals surface area contributed by atoms with Crippen LogP contribution in [0, 0.1) is 0 Å². The Kier molecular flexibility index (Phi) is 5.64. The number of aryl methyl sites for hydroxylation is 1. The number of nitrogens with zero attached hydrogens (tertiary/aromatic N) is 1. The van der Waals surface area contributed by atoms with Gasteiger partial charge in [0.05, 0.1) is 12.6 Å². The number of nitrogens with one attached hydrogen (secondary N) is 1. The summed E-state index contributed by atoms with van der Waals surface area (Å²) in [5.74, 6) is 0.0215. The third-order valence-electron chi connectivity index (χ3n) is 4.21. The lowest BCUT2D eigenvalue weighted by Crippen LogP contribution is -2.56. The molecule has 1 saturated heterocycles. The van der Waals surface area contributed by atoms with Gasteiger partial charge in [0.2, 0.25) is 11.8 Å². The second-order valence-corrected chi connectivity index (χ2v) is 7.19. The van der Waals surface area contributed by atoms with Gasteiger partial charge in [-0.1, -0.05) is 36.4 Å². The molecule has 5 heteroatoms. The summed E-state index contributed by atoms with van der Waals surface area (Å²) in [5.41, 5.74) is 1.18. The summed E-state index contributed by atoms with van der Waals surface area (Å²) in [5, 5.41) is 5.05. The molecule has 0 bridgehead atoms. The molecule has 24 heavy (non-hydrogen) atoms. The lowest BCUT2D eigenvalue weighted by molar-refractivity contribution is -0.139. The third-order valence-corrected chi connectivity index (χ3v) is 5.15. The summed E-state index contributed by atoms with van der Waals surface area (Å²) >= 11 is 1.72. The van der Waals surface area contributed by atoms with E-state index in [0.717, 1.165) is 19.3 Å². The van der Waals surface area contributed by atoms with Gasteiger partial charge in [0.15, 0.2) is 0 Å². The topological polar surface area (TPSA) is 49.4 Å². The van der Waals surface area contributed by atoms with Gasteiger partial charge in [0.25, 0.3) is 0 Å². The minimum atomic E-state index is -0.0613. The predicted octanol–water partition coefficient (Wildman–Crippen LogP) is 2.64. The van der Waals surface area contributed by atoms with Gasteiger partial charge in [-0.25, -0.2) is 0 Å². The lowest BCUT2D eigenvalue weighted by atomic mass is 10.0. The van der Waals surface area contributed by atoms with E-state index in [1.54, 1.807) is 16.2 Å². The van der Waals surface area contributed by atoms with Crippen molar-refractivity contribution in [2.24, 2.45) is 0 Å². The van der Waals surface area contributed by atoms with Gasteiger partial charge in [-0.05, 0) is 36.3 Å². The summed E-state index contributed by atoms with van der Waals surface area (Å²) in [4.78, 5) is 27.4. The van der Waals surface area contributed by atoms with E-state index in [1.165, 1.54) is 10.4 Å². The van der Waals surface area contributed by atoms with Crippen LogP contribution in [0.4, 0.5) is 0 Å². The summed E-state index contributed by atoms with van der Waals surface area (Å²) in [6.07, 6.45) is 3.02. The quantitative estimate of drug-likeness (QED) is 0.877. The first-order valence-corrected chi connectivity index (χ1v) is 9.22. The monoisotopic (exact) mass is 342 g/mol. The second kappa shape index (κ2) is 8.11. The second-order valence-electron chi connectivity index (χ2n) is 6.16. The van der Waals surface area contributed by atoms with Crippen LogP contribution in [0.15, 0.2) is 47.8 Å². The number of hydrogen-bond donors (Lipinski definition) is 1. The maximum atomic E-state index is 12.4. The van der Waals surface area contributed by atoms with Gasteiger partial charge < -0.3 is 10.2 Å². The SMILES string of the molecule is O=C1CN(C(=O)CCCc2cccs2)C[C@H](Cc2ccccc2)N1. The fraction of sp³-hybridized carbons (Fsp3) is 0.368. The van der Waals surface area contributed by atoms with E-state index in [1.807, 2.05) is 36.4 Å². The molecule has 1 aromatic carbocycles. The number of benzene rings is 1. The van der Waals surface area contributed by atoms with Crippen molar-refractivity contribution in [1.29, 1.82) is 0 Å². The zero-order valence-corrected chi connectivity index (χ0v) is 14.4. The Bertz CT molecular complexity index is 670. The molecule has 0 aliphatic carbocycles. The molecule has 1 aromatic heterocycles. The Morgan fingerprint density at radius 1 is 1.21 bits per heavy atom. The highest BCUT2D eigenvalue weighted by atomic mass is 32.1. The van der Waals surface area contributed by atoms with Crippen molar-refractivity contribution < 1.29 is 9.59 Å². The number of piperazine rings is 1. The van der Waals surface area contributed by atoms with Gasteiger partial charge in [-0.15, -0.1) is 11.3 Å². The van der Waals surface area contributed by atoms with Crippen LogP contribution in [0.1, 0.15) is 23.3 Å². The number of rotatable bonds is 6.